The zero-order valence-corrected chi connectivity index (χ0v) is 10.5. The SMILES string of the molecule is NCc1sccc1-c1cc2cc(Cl)ccc2o1. The Balaban J connectivity index is 2.18. The average Bonchev–Trinajstić information content (AvgIpc) is 2.93. The van der Waals surface area contributed by atoms with E-state index in [4.69, 9.17) is 21.8 Å². The third-order valence-electron chi connectivity index (χ3n) is 2.67. The van der Waals surface area contributed by atoms with E-state index in [-0.39, 0.29) is 0 Å². The van der Waals surface area contributed by atoms with Crippen LogP contribution in [0.2, 0.25) is 5.02 Å². The molecule has 0 amide bonds. The Bertz CT molecular complexity index is 671. The minimum Gasteiger partial charge on any atom is -0.456 e. The summed E-state index contributed by atoms with van der Waals surface area (Å²) in [5, 5.41) is 3.76. The Kier molecular flexibility index (Phi) is 2.67. The zero-order chi connectivity index (χ0) is 11.8. The smallest absolute Gasteiger partial charge is 0.136 e. The molecule has 3 rings (SSSR count). The molecule has 2 aromatic heterocycles. The summed E-state index contributed by atoms with van der Waals surface area (Å²) in [4.78, 5) is 1.13. The molecule has 17 heavy (non-hydrogen) atoms. The molecule has 0 fully saturated rings. The number of benzene rings is 1. The molecule has 0 bridgehead atoms. The minimum absolute atomic E-state index is 0.533. The quantitative estimate of drug-likeness (QED) is 0.750. The highest BCUT2D eigenvalue weighted by molar-refractivity contribution is 7.10. The van der Waals surface area contributed by atoms with E-state index >= 15 is 0 Å². The fourth-order valence-corrected chi connectivity index (χ4v) is 2.81. The lowest BCUT2D eigenvalue weighted by atomic mass is 10.2. The fourth-order valence-electron chi connectivity index (χ4n) is 1.87. The maximum atomic E-state index is 5.95. The van der Waals surface area contributed by atoms with E-state index in [0.29, 0.717) is 11.6 Å². The van der Waals surface area contributed by atoms with Gasteiger partial charge in [-0.1, -0.05) is 11.6 Å². The molecule has 2 N–H and O–H groups in total. The van der Waals surface area contributed by atoms with E-state index in [1.807, 2.05) is 35.7 Å². The Morgan fingerprint density at radius 1 is 1.24 bits per heavy atom. The molecular weight excluding hydrogens is 254 g/mol. The van der Waals surface area contributed by atoms with E-state index in [1.165, 1.54) is 0 Å². The number of hydrogen-bond donors (Lipinski definition) is 1. The number of thiophene rings is 1. The molecule has 2 heterocycles. The fraction of sp³-hybridized carbons (Fsp3) is 0.0769. The summed E-state index contributed by atoms with van der Waals surface area (Å²) in [6.45, 7) is 0.533. The Morgan fingerprint density at radius 2 is 2.12 bits per heavy atom. The molecule has 0 saturated carbocycles. The molecule has 3 aromatic rings. The van der Waals surface area contributed by atoms with Gasteiger partial charge in [0.25, 0.3) is 0 Å². The van der Waals surface area contributed by atoms with Crippen molar-refractivity contribution in [3.63, 3.8) is 0 Å². The molecule has 0 radical (unpaired) electrons. The molecule has 2 nitrogen and oxygen atoms in total. The van der Waals surface area contributed by atoms with Crippen LogP contribution in [0.25, 0.3) is 22.3 Å². The van der Waals surface area contributed by atoms with Crippen molar-refractivity contribution in [2.24, 2.45) is 5.73 Å². The van der Waals surface area contributed by atoms with Crippen molar-refractivity contribution in [2.45, 2.75) is 6.54 Å². The number of furan rings is 1. The van der Waals surface area contributed by atoms with Gasteiger partial charge >= 0.3 is 0 Å². The largest absolute Gasteiger partial charge is 0.456 e. The number of hydrogen-bond acceptors (Lipinski definition) is 3. The minimum atomic E-state index is 0.533. The van der Waals surface area contributed by atoms with Crippen molar-refractivity contribution in [2.75, 3.05) is 0 Å². The molecule has 0 aliphatic rings. The number of halogens is 1. The van der Waals surface area contributed by atoms with E-state index in [1.54, 1.807) is 11.3 Å². The second-order valence-electron chi connectivity index (χ2n) is 3.75. The van der Waals surface area contributed by atoms with Crippen LogP contribution in [0.1, 0.15) is 4.88 Å². The van der Waals surface area contributed by atoms with Gasteiger partial charge in [-0.15, -0.1) is 11.3 Å². The molecule has 0 aliphatic carbocycles. The lowest BCUT2D eigenvalue weighted by Crippen LogP contribution is -1.93. The van der Waals surface area contributed by atoms with Crippen molar-refractivity contribution < 1.29 is 4.42 Å². The normalized spacial score (nSPS) is 11.2. The van der Waals surface area contributed by atoms with Crippen LogP contribution in [0.15, 0.2) is 40.1 Å². The van der Waals surface area contributed by atoms with Gasteiger partial charge in [0.2, 0.25) is 0 Å². The standard InChI is InChI=1S/C13H10ClNOS/c14-9-1-2-11-8(5-9)6-12(16-11)10-3-4-17-13(10)7-15/h1-6H,7,15H2. The lowest BCUT2D eigenvalue weighted by Gasteiger charge is -1.95. The Morgan fingerprint density at radius 3 is 2.94 bits per heavy atom. The van der Waals surface area contributed by atoms with Crippen molar-refractivity contribution in [1.29, 1.82) is 0 Å². The maximum absolute atomic E-state index is 5.95. The Hall–Kier alpha value is -1.29. The second-order valence-corrected chi connectivity index (χ2v) is 5.19. The van der Waals surface area contributed by atoms with Gasteiger partial charge in [-0.05, 0) is 35.7 Å². The van der Waals surface area contributed by atoms with Gasteiger partial charge in [0.15, 0.2) is 0 Å². The van der Waals surface area contributed by atoms with Crippen molar-refractivity contribution in [3.05, 3.63) is 45.6 Å². The van der Waals surface area contributed by atoms with Gasteiger partial charge in [0.1, 0.15) is 11.3 Å². The van der Waals surface area contributed by atoms with Gasteiger partial charge < -0.3 is 10.2 Å². The third kappa shape index (κ3) is 1.86. The first-order valence-electron chi connectivity index (χ1n) is 5.24. The first kappa shape index (κ1) is 10.8. The van der Waals surface area contributed by atoms with Crippen LogP contribution in [0.4, 0.5) is 0 Å². The van der Waals surface area contributed by atoms with Gasteiger partial charge in [-0.25, -0.2) is 0 Å². The topological polar surface area (TPSA) is 39.2 Å². The van der Waals surface area contributed by atoms with Crippen LogP contribution in [0.5, 0.6) is 0 Å². The van der Waals surface area contributed by atoms with Gasteiger partial charge in [-0.2, -0.15) is 0 Å². The lowest BCUT2D eigenvalue weighted by molar-refractivity contribution is 0.631. The maximum Gasteiger partial charge on any atom is 0.136 e. The molecule has 4 heteroatoms. The summed E-state index contributed by atoms with van der Waals surface area (Å²) in [5.74, 6) is 0.851. The third-order valence-corrected chi connectivity index (χ3v) is 3.85. The molecule has 0 unspecified atom stereocenters. The summed E-state index contributed by atoms with van der Waals surface area (Å²) >= 11 is 7.60. The summed E-state index contributed by atoms with van der Waals surface area (Å²) in [7, 11) is 0. The molecule has 0 atom stereocenters. The molecular formula is C13H10ClNOS. The van der Waals surface area contributed by atoms with E-state index in [2.05, 4.69) is 0 Å². The van der Waals surface area contributed by atoms with Crippen LogP contribution < -0.4 is 5.73 Å². The van der Waals surface area contributed by atoms with Gasteiger partial charge in [0, 0.05) is 27.4 Å². The average molecular weight is 264 g/mol. The van der Waals surface area contributed by atoms with Gasteiger partial charge in [-0.3, -0.25) is 0 Å². The predicted molar refractivity (Wildman–Crippen MR) is 72.4 cm³/mol. The van der Waals surface area contributed by atoms with E-state index in [0.717, 1.165) is 27.2 Å². The van der Waals surface area contributed by atoms with Crippen LogP contribution in [0, 0.1) is 0 Å². The van der Waals surface area contributed by atoms with Crippen LogP contribution in [-0.4, -0.2) is 0 Å². The highest BCUT2D eigenvalue weighted by atomic mass is 35.5. The highest BCUT2D eigenvalue weighted by Gasteiger charge is 2.11. The monoisotopic (exact) mass is 263 g/mol. The number of nitrogens with two attached hydrogens (primary N) is 1. The van der Waals surface area contributed by atoms with Crippen LogP contribution in [0.3, 0.4) is 0 Å². The molecule has 1 aromatic carbocycles. The summed E-state index contributed by atoms with van der Waals surface area (Å²) in [6.07, 6.45) is 0. The van der Waals surface area contributed by atoms with E-state index in [9.17, 15) is 0 Å². The zero-order valence-electron chi connectivity index (χ0n) is 8.94. The van der Waals surface area contributed by atoms with Crippen LogP contribution >= 0.6 is 22.9 Å². The summed E-state index contributed by atoms with van der Waals surface area (Å²) in [5.41, 5.74) is 7.62. The first-order valence-corrected chi connectivity index (χ1v) is 6.49. The highest BCUT2D eigenvalue weighted by Crippen LogP contribution is 2.33. The van der Waals surface area contributed by atoms with E-state index < -0.39 is 0 Å². The Labute approximate surface area is 108 Å². The van der Waals surface area contributed by atoms with Crippen LogP contribution in [-0.2, 0) is 6.54 Å². The second kappa shape index (κ2) is 4.18. The van der Waals surface area contributed by atoms with Crippen molar-refractivity contribution in [3.8, 4) is 11.3 Å². The molecule has 0 aliphatic heterocycles. The van der Waals surface area contributed by atoms with Gasteiger partial charge in [0.05, 0.1) is 0 Å². The number of rotatable bonds is 2. The van der Waals surface area contributed by atoms with Crippen molar-refractivity contribution in [1.82, 2.24) is 0 Å². The number of fused-ring (bicyclic) bond motifs is 1. The predicted octanol–water partition coefficient (Wildman–Crippen LogP) is 4.27. The molecule has 0 spiro atoms. The first-order chi connectivity index (χ1) is 8.28. The van der Waals surface area contributed by atoms with Crippen molar-refractivity contribution >= 4 is 33.9 Å². The summed E-state index contributed by atoms with van der Waals surface area (Å²) < 4.78 is 5.80. The molecule has 0 saturated heterocycles. The molecule has 86 valence electrons. The summed E-state index contributed by atoms with van der Waals surface area (Å²) in [6, 6.07) is 9.65.